The molecule has 5 rings (SSSR count). The van der Waals surface area contributed by atoms with E-state index in [0.717, 1.165) is 50.3 Å². The number of ether oxygens (including phenoxy) is 1. The minimum Gasteiger partial charge on any atom is -0.383 e. The van der Waals surface area contributed by atoms with E-state index < -0.39 is 5.82 Å². The van der Waals surface area contributed by atoms with Gasteiger partial charge < -0.3 is 24.8 Å². The van der Waals surface area contributed by atoms with E-state index in [1.165, 1.54) is 58.7 Å². The Morgan fingerprint density at radius 2 is 1.88 bits per heavy atom. The molecule has 0 radical (unpaired) electrons. The number of fused-ring (bicyclic) bond motifs is 1. The number of nitrogens with one attached hydrogen (secondary N) is 2. The van der Waals surface area contributed by atoms with Crippen molar-refractivity contribution in [3.63, 3.8) is 0 Å². The number of thiophene rings is 1. The Bertz CT molecular complexity index is 1690. The summed E-state index contributed by atoms with van der Waals surface area (Å²) in [6, 6.07) is 12.1. The van der Waals surface area contributed by atoms with Crippen LogP contribution in [0.2, 0.25) is 0 Å². The zero-order valence-electron chi connectivity index (χ0n) is 29.9. The summed E-state index contributed by atoms with van der Waals surface area (Å²) in [7, 11) is 3.39. The van der Waals surface area contributed by atoms with E-state index in [-0.39, 0.29) is 28.4 Å². The molecule has 0 atom stereocenters. The van der Waals surface area contributed by atoms with E-state index in [4.69, 9.17) is 4.74 Å². The number of nitrogens with zero attached hydrogens (tertiary/aromatic N) is 3. The van der Waals surface area contributed by atoms with Gasteiger partial charge in [-0.2, -0.15) is 0 Å². The highest BCUT2D eigenvalue weighted by molar-refractivity contribution is 7.14. The van der Waals surface area contributed by atoms with Gasteiger partial charge in [0.05, 0.1) is 17.2 Å². The number of rotatable bonds is 13. The van der Waals surface area contributed by atoms with Gasteiger partial charge in [0.25, 0.3) is 11.5 Å². The zero-order valence-corrected chi connectivity index (χ0v) is 30.7. The lowest BCUT2D eigenvalue weighted by atomic mass is 10.1. The number of carbonyl (C=O) groups is 1. The van der Waals surface area contributed by atoms with Gasteiger partial charge in [0.2, 0.25) is 0 Å². The van der Waals surface area contributed by atoms with Gasteiger partial charge in [-0.15, -0.1) is 11.3 Å². The number of hydrogen-bond acceptors (Lipinski definition) is 7. The molecule has 2 N–H and O–H groups in total. The first-order valence-corrected chi connectivity index (χ1v) is 18.2. The Hall–Kier alpha value is -3.86. The molecule has 10 heteroatoms. The van der Waals surface area contributed by atoms with Gasteiger partial charge in [0.15, 0.2) is 5.82 Å². The largest absolute Gasteiger partial charge is 0.383 e. The fourth-order valence-corrected chi connectivity index (χ4v) is 6.90. The lowest BCUT2D eigenvalue weighted by Gasteiger charge is -2.21. The maximum Gasteiger partial charge on any atom is 0.274 e. The summed E-state index contributed by atoms with van der Waals surface area (Å²) in [4.78, 5) is 34.3. The number of aryl methyl sites for hydroxylation is 4. The van der Waals surface area contributed by atoms with Gasteiger partial charge in [-0.3, -0.25) is 9.59 Å². The average Bonchev–Trinajstić information content (AvgIpc) is 3.36. The van der Waals surface area contributed by atoms with Gasteiger partial charge >= 0.3 is 0 Å². The van der Waals surface area contributed by atoms with E-state index in [0.29, 0.717) is 16.3 Å². The number of pyridine rings is 2. The first-order chi connectivity index (χ1) is 23.6. The number of carbonyl (C=O) groups excluding carboxylic acids is 1. The molecule has 3 aromatic heterocycles. The third kappa shape index (κ3) is 11.1. The highest BCUT2D eigenvalue weighted by Gasteiger charge is 2.19. The SMILES string of the molecule is CCCN(CCOC)CCC(C)C.Cc1ccc(Nc2cc(-c3cccc(NC(=O)c4cc5c(s4)CCCCC5)c3F)cn(C)c2=O)nc1. The molecule has 1 aliphatic rings. The third-order valence-corrected chi connectivity index (χ3v) is 9.80. The highest BCUT2D eigenvalue weighted by Crippen LogP contribution is 2.32. The Kier molecular flexibility index (Phi) is 14.5. The molecule has 0 spiro atoms. The lowest BCUT2D eigenvalue weighted by molar-refractivity contribution is 0.103. The maximum atomic E-state index is 15.6. The Labute approximate surface area is 294 Å². The standard InChI is InChI=1S/C28H27FN4O2S.C11H25NO/c1-17-11-12-25(30-15-17)31-22-13-19(16-33(2)28(22)35)20-8-6-9-21(26(20)29)32-27(34)24-14-18-7-4-3-5-10-23(18)36-24;1-5-7-12(9-10-13-4)8-6-11(2)3/h6,8-9,11-16H,3-5,7,10H2,1-2H3,(H,30,31)(H,32,34);11H,5-10H2,1-4H3. The van der Waals surface area contributed by atoms with Crippen LogP contribution in [0.1, 0.15) is 78.6 Å². The van der Waals surface area contributed by atoms with Crippen molar-refractivity contribution in [1.82, 2.24) is 14.5 Å². The summed E-state index contributed by atoms with van der Waals surface area (Å²) in [5, 5.41) is 5.78. The van der Waals surface area contributed by atoms with Gasteiger partial charge in [0.1, 0.15) is 11.5 Å². The fraction of sp³-hybridized carbons (Fsp3) is 0.462. The Balaban J connectivity index is 0.000000355. The molecular formula is C39H52FN5O3S. The third-order valence-electron chi connectivity index (χ3n) is 8.56. The van der Waals surface area contributed by atoms with Crippen LogP contribution >= 0.6 is 11.3 Å². The minimum absolute atomic E-state index is 0.102. The average molecular weight is 690 g/mol. The van der Waals surface area contributed by atoms with E-state index in [9.17, 15) is 9.59 Å². The molecule has 0 saturated carbocycles. The molecule has 0 fully saturated rings. The number of aromatic nitrogens is 2. The molecule has 0 saturated heterocycles. The summed E-state index contributed by atoms with van der Waals surface area (Å²) < 4.78 is 22.1. The van der Waals surface area contributed by atoms with Crippen molar-refractivity contribution in [2.45, 2.75) is 72.6 Å². The van der Waals surface area contributed by atoms with Crippen LogP contribution < -0.4 is 16.2 Å². The number of halogens is 1. The smallest absolute Gasteiger partial charge is 0.274 e. The number of benzene rings is 1. The van der Waals surface area contributed by atoms with E-state index >= 15 is 4.39 Å². The van der Waals surface area contributed by atoms with Crippen LogP contribution in [0.5, 0.6) is 0 Å². The normalized spacial score (nSPS) is 12.7. The van der Waals surface area contributed by atoms with Crippen molar-refractivity contribution in [2.75, 3.05) is 44.0 Å². The molecule has 0 unspecified atom stereocenters. The van der Waals surface area contributed by atoms with Crippen molar-refractivity contribution in [3.8, 4) is 11.1 Å². The summed E-state index contributed by atoms with van der Waals surface area (Å²) in [5.74, 6) is 0.465. The number of hydrogen-bond donors (Lipinski definition) is 2. The Morgan fingerprint density at radius 1 is 1.08 bits per heavy atom. The molecule has 1 aliphatic carbocycles. The van der Waals surface area contributed by atoms with Crippen molar-refractivity contribution in [1.29, 1.82) is 0 Å². The molecule has 0 bridgehead atoms. The molecule has 1 aromatic carbocycles. The summed E-state index contributed by atoms with van der Waals surface area (Å²) in [6.45, 7) is 13.1. The van der Waals surface area contributed by atoms with Crippen molar-refractivity contribution in [3.05, 3.63) is 91.9 Å². The zero-order chi connectivity index (χ0) is 35.3. The molecule has 3 heterocycles. The first kappa shape index (κ1) is 38.0. The number of amides is 1. The van der Waals surface area contributed by atoms with Crippen LogP contribution in [-0.4, -0.2) is 53.7 Å². The molecule has 0 aliphatic heterocycles. The Morgan fingerprint density at radius 3 is 2.59 bits per heavy atom. The van der Waals surface area contributed by atoms with Crippen LogP contribution in [-0.2, 0) is 24.6 Å². The quantitative estimate of drug-likeness (QED) is 0.137. The van der Waals surface area contributed by atoms with E-state index in [2.05, 4.69) is 41.3 Å². The first-order valence-electron chi connectivity index (χ1n) is 17.4. The van der Waals surface area contributed by atoms with Gasteiger partial charge in [0, 0.05) is 49.1 Å². The molecule has 264 valence electrons. The second kappa shape index (κ2) is 18.8. The highest BCUT2D eigenvalue weighted by atomic mass is 32.1. The predicted molar refractivity (Wildman–Crippen MR) is 201 cm³/mol. The van der Waals surface area contributed by atoms with Gasteiger partial charge in [-0.1, -0.05) is 45.4 Å². The van der Waals surface area contributed by atoms with Crippen LogP contribution in [0.4, 0.5) is 21.6 Å². The summed E-state index contributed by atoms with van der Waals surface area (Å²) >= 11 is 1.50. The summed E-state index contributed by atoms with van der Waals surface area (Å²) in [6.07, 6.45) is 11.3. The molecular weight excluding hydrogens is 638 g/mol. The molecule has 4 aromatic rings. The van der Waals surface area contributed by atoms with Gasteiger partial charge in [-0.05, 0) is 99.8 Å². The minimum atomic E-state index is -0.554. The monoisotopic (exact) mass is 689 g/mol. The fourth-order valence-electron chi connectivity index (χ4n) is 5.76. The van der Waals surface area contributed by atoms with Crippen LogP contribution in [0.15, 0.2) is 59.7 Å². The maximum absolute atomic E-state index is 15.6. The van der Waals surface area contributed by atoms with Crippen molar-refractivity contribution < 1.29 is 13.9 Å². The van der Waals surface area contributed by atoms with E-state index in [1.54, 1.807) is 56.9 Å². The van der Waals surface area contributed by atoms with Gasteiger partial charge in [-0.25, -0.2) is 9.37 Å². The van der Waals surface area contributed by atoms with Crippen LogP contribution in [0.25, 0.3) is 11.1 Å². The second-order valence-corrected chi connectivity index (χ2v) is 14.3. The van der Waals surface area contributed by atoms with Crippen LogP contribution in [0.3, 0.4) is 0 Å². The summed E-state index contributed by atoms with van der Waals surface area (Å²) in [5.41, 5.74) is 3.15. The second-order valence-electron chi connectivity index (χ2n) is 13.2. The topological polar surface area (TPSA) is 88.5 Å². The predicted octanol–water partition coefficient (Wildman–Crippen LogP) is 8.61. The molecule has 1 amide bonds. The number of methoxy groups -OCH3 is 1. The number of anilines is 3. The van der Waals surface area contributed by atoms with Crippen molar-refractivity contribution in [2.24, 2.45) is 13.0 Å². The van der Waals surface area contributed by atoms with E-state index in [1.807, 2.05) is 19.1 Å². The molecule has 49 heavy (non-hydrogen) atoms. The van der Waals surface area contributed by atoms with Crippen molar-refractivity contribution >= 4 is 34.4 Å². The lowest BCUT2D eigenvalue weighted by Crippen LogP contribution is -2.29. The molecule has 8 nitrogen and oxygen atoms in total. The van der Waals surface area contributed by atoms with Crippen LogP contribution in [0, 0.1) is 18.7 Å².